The van der Waals surface area contributed by atoms with Gasteiger partial charge in [0.05, 0.1) is 5.52 Å². The summed E-state index contributed by atoms with van der Waals surface area (Å²) in [5.74, 6) is 0.135. The molecule has 2 aromatic rings. The quantitative estimate of drug-likeness (QED) is 0.487. The summed E-state index contributed by atoms with van der Waals surface area (Å²) in [7, 11) is 0. The molecule has 1 amide bonds. The molecule has 3 rings (SSSR count). The number of nitrogens with zero attached hydrogens (tertiary/aromatic N) is 4. The zero-order valence-corrected chi connectivity index (χ0v) is 11.0. The lowest BCUT2D eigenvalue weighted by molar-refractivity contribution is 0.144. The van der Waals surface area contributed by atoms with Crippen LogP contribution in [0, 0.1) is 0 Å². The first-order valence-electron chi connectivity index (χ1n) is 6.35. The van der Waals surface area contributed by atoms with Gasteiger partial charge >= 0.3 is 12.2 Å². The second-order valence-electron chi connectivity index (χ2n) is 4.51. The Balaban J connectivity index is 1.91. The van der Waals surface area contributed by atoms with Crippen LogP contribution in [0.3, 0.4) is 0 Å². The molecule has 2 heterocycles. The SMILES string of the molecule is O=C(O)Oc1ccc2c(c1)nnn2C(=O)N1CC=CCC1. The van der Waals surface area contributed by atoms with Crippen LogP contribution < -0.4 is 4.74 Å². The molecule has 1 N–H and O–H groups in total. The molecule has 1 aliphatic heterocycles. The molecule has 0 fully saturated rings. The van der Waals surface area contributed by atoms with Crippen molar-refractivity contribution in [3.63, 3.8) is 0 Å². The van der Waals surface area contributed by atoms with Crippen LogP contribution in [0.1, 0.15) is 6.42 Å². The highest BCUT2D eigenvalue weighted by molar-refractivity contribution is 5.88. The minimum atomic E-state index is -1.40. The van der Waals surface area contributed by atoms with Gasteiger partial charge in [-0.15, -0.1) is 5.10 Å². The van der Waals surface area contributed by atoms with Crippen LogP contribution in [-0.4, -0.2) is 50.3 Å². The van der Waals surface area contributed by atoms with Crippen molar-refractivity contribution in [2.45, 2.75) is 6.42 Å². The number of carbonyl (C=O) groups excluding carboxylic acids is 1. The van der Waals surface area contributed by atoms with Gasteiger partial charge in [-0.1, -0.05) is 17.4 Å². The maximum Gasteiger partial charge on any atom is 0.511 e. The van der Waals surface area contributed by atoms with Crippen LogP contribution in [0.4, 0.5) is 9.59 Å². The normalized spacial score (nSPS) is 14.4. The smallest absolute Gasteiger partial charge is 0.449 e. The first-order valence-corrected chi connectivity index (χ1v) is 6.35. The Morgan fingerprint density at radius 3 is 2.86 bits per heavy atom. The predicted molar refractivity (Wildman–Crippen MR) is 72.3 cm³/mol. The number of ether oxygens (including phenoxy) is 1. The lowest BCUT2D eigenvalue weighted by Crippen LogP contribution is -2.37. The fraction of sp³-hybridized carbons (Fsp3) is 0.231. The first-order chi connectivity index (χ1) is 10.1. The van der Waals surface area contributed by atoms with Crippen molar-refractivity contribution in [2.75, 3.05) is 13.1 Å². The molecule has 0 saturated carbocycles. The molecular weight excluding hydrogens is 276 g/mol. The van der Waals surface area contributed by atoms with E-state index in [1.54, 1.807) is 11.0 Å². The highest BCUT2D eigenvalue weighted by Gasteiger charge is 2.19. The van der Waals surface area contributed by atoms with E-state index in [-0.39, 0.29) is 11.8 Å². The highest BCUT2D eigenvalue weighted by atomic mass is 16.7. The third kappa shape index (κ3) is 2.55. The summed E-state index contributed by atoms with van der Waals surface area (Å²) in [6.45, 7) is 1.18. The molecule has 1 aromatic carbocycles. The number of hydrogen-bond acceptors (Lipinski definition) is 5. The molecule has 8 nitrogen and oxygen atoms in total. The largest absolute Gasteiger partial charge is 0.511 e. The molecule has 0 aliphatic carbocycles. The van der Waals surface area contributed by atoms with Gasteiger partial charge in [-0.05, 0) is 18.6 Å². The van der Waals surface area contributed by atoms with Gasteiger partial charge in [-0.25, -0.2) is 9.59 Å². The molecule has 0 unspecified atom stereocenters. The Morgan fingerprint density at radius 2 is 2.14 bits per heavy atom. The lowest BCUT2D eigenvalue weighted by Gasteiger charge is -2.22. The number of amides is 1. The maximum atomic E-state index is 12.4. The van der Waals surface area contributed by atoms with E-state index in [0.29, 0.717) is 24.1 Å². The van der Waals surface area contributed by atoms with Crippen molar-refractivity contribution in [1.29, 1.82) is 0 Å². The molecule has 0 bridgehead atoms. The Morgan fingerprint density at radius 1 is 1.29 bits per heavy atom. The number of carbonyl (C=O) groups is 2. The van der Waals surface area contributed by atoms with Crippen molar-refractivity contribution in [2.24, 2.45) is 0 Å². The minimum Gasteiger partial charge on any atom is -0.449 e. The Kier molecular flexibility index (Phi) is 3.27. The van der Waals surface area contributed by atoms with Gasteiger partial charge in [-0.3, -0.25) is 0 Å². The number of carboxylic acid groups (broad SMARTS) is 1. The van der Waals surface area contributed by atoms with E-state index in [1.807, 2.05) is 12.2 Å². The van der Waals surface area contributed by atoms with Crippen molar-refractivity contribution in [1.82, 2.24) is 19.9 Å². The van der Waals surface area contributed by atoms with Crippen molar-refractivity contribution < 1.29 is 19.4 Å². The minimum absolute atomic E-state index is 0.135. The molecule has 1 aliphatic rings. The van der Waals surface area contributed by atoms with E-state index in [1.165, 1.54) is 16.8 Å². The van der Waals surface area contributed by atoms with E-state index in [0.717, 1.165) is 6.42 Å². The number of benzene rings is 1. The summed E-state index contributed by atoms with van der Waals surface area (Å²) in [5, 5.41) is 16.3. The Hall–Kier alpha value is -2.90. The average molecular weight is 288 g/mol. The molecule has 21 heavy (non-hydrogen) atoms. The van der Waals surface area contributed by atoms with Crippen LogP contribution in [0.15, 0.2) is 30.4 Å². The van der Waals surface area contributed by atoms with E-state index in [2.05, 4.69) is 15.0 Å². The third-order valence-electron chi connectivity index (χ3n) is 3.13. The fourth-order valence-electron chi connectivity index (χ4n) is 2.16. The molecule has 8 heteroatoms. The number of rotatable bonds is 1. The molecule has 108 valence electrons. The maximum absolute atomic E-state index is 12.4. The first kappa shape index (κ1) is 13.1. The van der Waals surface area contributed by atoms with Gasteiger partial charge in [0.1, 0.15) is 11.3 Å². The predicted octanol–water partition coefficient (Wildman–Crippen LogP) is 1.72. The third-order valence-corrected chi connectivity index (χ3v) is 3.13. The topological polar surface area (TPSA) is 97.5 Å². The summed E-state index contributed by atoms with van der Waals surface area (Å²) in [6.07, 6.45) is 3.37. The standard InChI is InChI=1S/C13H12N4O4/c18-12(16-6-2-1-3-7-16)17-11-5-4-9(21-13(19)20)8-10(11)14-15-17/h1-2,4-5,8H,3,6-7H2,(H,19,20). The number of hydrogen-bond donors (Lipinski definition) is 1. The average Bonchev–Trinajstić information content (AvgIpc) is 2.90. The summed E-state index contributed by atoms with van der Waals surface area (Å²) >= 11 is 0. The van der Waals surface area contributed by atoms with Gasteiger partial charge < -0.3 is 14.7 Å². The van der Waals surface area contributed by atoms with Crippen LogP contribution in [-0.2, 0) is 0 Å². The zero-order chi connectivity index (χ0) is 14.8. The Bertz CT molecular complexity index is 737. The molecule has 1 aromatic heterocycles. The summed E-state index contributed by atoms with van der Waals surface area (Å²) in [4.78, 5) is 24.5. The van der Waals surface area contributed by atoms with Gasteiger partial charge in [0.2, 0.25) is 0 Å². The second-order valence-corrected chi connectivity index (χ2v) is 4.51. The van der Waals surface area contributed by atoms with E-state index in [4.69, 9.17) is 5.11 Å². The van der Waals surface area contributed by atoms with E-state index in [9.17, 15) is 9.59 Å². The summed E-state index contributed by atoms with van der Waals surface area (Å²) in [6, 6.07) is 4.19. The van der Waals surface area contributed by atoms with Crippen molar-refractivity contribution in [3.8, 4) is 5.75 Å². The van der Waals surface area contributed by atoms with Gasteiger partial charge in [0.15, 0.2) is 0 Å². The fourth-order valence-corrected chi connectivity index (χ4v) is 2.16. The second kappa shape index (κ2) is 5.23. The van der Waals surface area contributed by atoms with Gasteiger partial charge in [-0.2, -0.15) is 4.68 Å². The van der Waals surface area contributed by atoms with Crippen LogP contribution in [0.5, 0.6) is 5.75 Å². The van der Waals surface area contributed by atoms with Crippen molar-refractivity contribution in [3.05, 3.63) is 30.4 Å². The zero-order valence-electron chi connectivity index (χ0n) is 11.0. The highest BCUT2D eigenvalue weighted by Crippen LogP contribution is 2.19. The monoisotopic (exact) mass is 288 g/mol. The van der Waals surface area contributed by atoms with E-state index < -0.39 is 6.16 Å². The van der Waals surface area contributed by atoms with Gasteiger partial charge in [0, 0.05) is 19.2 Å². The number of aromatic nitrogens is 3. The van der Waals surface area contributed by atoms with E-state index >= 15 is 0 Å². The molecule has 0 spiro atoms. The molecule has 0 saturated heterocycles. The van der Waals surface area contributed by atoms with Gasteiger partial charge in [0.25, 0.3) is 0 Å². The lowest BCUT2D eigenvalue weighted by atomic mass is 10.2. The van der Waals surface area contributed by atoms with Crippen LogP contribution >= 0.6 is 0 Å². The summed E-state index contributed by atoms with van der Waals surface area (Å²) in [5.41, 5.74) is 0.905. The van der Waals surface area contributed by atoms with Crippen LogP contribution in [0.25, 0.3) is 11.0 Å². The number of fused-ring (bicyclic) bond motifs is 1. The van der Waals surface area contributed by atoms with Crippen LogP contribution in [0.2, 0.25) is 0 Å². The molecular formula is C13H12N4O4. The molecule has 0 atom stereocenters. The molecule has 0 radical (unpaired) electrons. The summed E-state index contributed by atoms with van der Waals surface area (Å²) < 4.78 is 5.75. The van der Waals surface area contributed by atoms with Crippen molar-refractivity contribution >= 4 is 23.2 Å². The Labute approximate surface area is 119 Å².